The van der Waals surface area contributed by atoms with Crippen LogP contribution in [0.1, 0.15) is 18.6 Å². The van der Waals surface area contributed by atoms with Crippen molar-refractivity contribution in [2.75, 3.05) is 13.4 Å². The Morgan fingerprint density at radius 3 is 2.18 bits per heavy atom. The first kappa shape index (κ1) is 14.3. The van der Waals surface area contributed by atoms with Gasteiger partial charge in [-0.15, -0.1) is 0 Å². The lowest BCUT2D eigenvalue weighted by atomic mass is 10.1. The maximum Gasteiger partial charge on any atom is 0.172 e. The molecule has 0 heterocycles. The summed E-state index contributed by atoms with van der Waals surface area (Å²) in [6.45, 7) is 1.28. The maximum absolute atomic E-state index is 11.5. The van der Waals surface area contributed by atoms with Gasteiger partial charge in [0, 0.05) is 6.26 Å². The molecule has 17 heavy (non-hydrogen) atoms. The summed E-state index contributed by atoms with van der Waals surface area (Å²) in [5.41, 5.74) is 0.425. The fraction of sp³-hybridized carbons (Fsp3) is 0.455. The molecule has 0 radical (unpaired) electrons. The van der Waals surface area contributed by atoms with Crippen molar-refractivity contribution in [3.63, 3.8) is 0 Å². The minimum atomic E-state index is -3.58. The smallest absolute Gasteiger partial charge is 0.172 e. The minimum absolute atomic E-state index is 0.425. The van der Waals surface area contributed by atoms with E-state index >= 15 is 0 Å². The van der Waals surface area contributed by atoms with Gasteiger partial charge in [0.05, 0.1) is 7.11 Å². The largest absolute Gasteiger partial charge is 0.497 e. The van der Waals surface area contributed by atoms with Crippen molar-refractivity contribution >= 4 is 21.4 Å². The van der Waals surface area contributed by atoms with Crippen molar-refractivity contribution in [2.24, 2.45) is 0 Å². The first-order valence-corrected chi connectivity index (χ1v) is 7.17. The average Bonchev–Trinajstić information content (AvgIpc) is 2.26. The summed E-state index contributed by atoms with van der Waals surface area (Å²) in [4.78, 5) is 0. The molecule has 1 aromatic rings. The molecule has 0 spiro atoms. The second kappa shape index (κ2) is 4.84. The molecule has 1 N–H and O–H groups in total. The SMILES string of the molecule is COc1ccc(C(O)C(C)(Cl)S(C)(=O)=O)cc1. The number of benzene rings is 1. The number of aliphatic hydroxyl groups excluding tert-OH is 1. The van der Waals surface area contributed by atoms with Crippen molar-refractivity contribution in [3.05, 3.63) is 29.8 Å². The van der Waals surface area contributed by atoms with E-state index in [1.807, 2.05) is 0 Å². The van der Waals surface area contributed by atoms with Gasteiger partial charge < -0.3 is 9.84 Å². The van der Waals surface area contributed by atoms with E-state index in [1.165, 1.54) is 14.0 Å². The van der Waals surface area contributed by atoms with E-state index in [9.17, 15) is 13.5 Å². The molecule has 4 nitrogen and oxygen atoms in total. The van der Waals surface area contributed by atoms with Crippen LogP contribution in [0.15, 0.2) is 24.3 Å². The Morgan fingerprint density at radius 2 is 1.82 bits per heavy atom. The van der Waals surface area contributed by atoms with Crippen LogP contribution in [-0.4, -0.2) is 31.1 Å². The van der Waals surface area contributed by atoms with Gasteiger partial charge in [0.15, 0.2) is 14.0 Å². The van der Waals surface area contributed by atoms with E-state index in [1.54, 1.807) is 24.3 Å². The highest BCUT2D eigenvalue weighted by Crippen LogP contribution is 2.36. The van der Waals surface area contributed by atoms with Crippen LogP contribution in [0.4, 0.5) is 0 Å². The molecule has 0 aliphatic rings. The number of aliphatic hydroxyl groups is 1. The van der Waals surface area contributed by atoms with Gasteiger partial charge in [-0.05, 0) is 24.6 Å². The van der Waals surface area contributed by atoms with Crippen molar-refractivity contribution in [3.8, 4) is 5.75 Å². The molecule has 1 rings (SSSR count). The second-order valence-electron chi connectivity index (χ2n) is 3.93. The highest BCUT2D eigenvalue weighted by atomic mass is 35.5. The summed E-state index contributed by atoms with van der Waals surface area (Å²) in [6.07, 6.45) is -0.308. The monoisotopic (exact) mass is 278 g/mol. The molecule has 2 atom stereocenters. The quantitative estimate of drug-likeness (QED) is 0.852. The summed E-state index contributed by atoms with van der Waals surface area (Å²) in [5.74, 6) is 0.622. The maximum atomic E-state index is 11.5. The molecular weight excluding hydrogens is 264 g/mol. The molecule has 0 saturated carbocycles. The van der Waals surface area contributed by atoms with Crippen molar-refractivity contribution < 1.29 is 18.3 Å². The average molecular weight is 279 g/mol. The molecule has 2 unspecified atom stereocenters. The first-order chi connectivity index (χ1) is 7.70. The normalized spacial score (nSPS) is 17.2. The fourth-order valence-corrected chi connectivity index (χ4v) is 1.95. The minimum Gasteiger partial charge on any atom is -0.497 e. The van der Waals surface area contributed by atoms with Crippen LogP contribution >= 0.6 is 11.6 Å². The zero-order valence-electron chi connectivity index (χ0n) is 9.84. The van der Waals surface area contributed by atoms with E-state index in [0.29, 0.717) is 11.3 Å². The van der Waals surface area contributed by atoms with Gasteiger partial charge in [0.2, 0.25) is 0 Å². The summed E-state index contributed by atoms with van der Waals surface area (Å²) in [5, 5.41) is 10.00. The van der Waals surface area contributed by atoms with Crippen molar-refractivity contribution in [2.45, 2.75) is 17.2 Å². The summed E-state index contributed by atoms with van der Waals surface area (Å²) < 4.78 is 26.2. The lowest BCUT2D eigenvalue weighted by Gasteiger charge is -2.26. The molecule has 0 aliphatic carbocycles. The molecular formula is C11H15ClO4S. The lowest BCUT2D eigenvalue weighted by Crippen LogP contribution is -2.35. The summed E-state index contributed by atoms with van der Waals surface area (Å²) >= 11 is 5.90. The molecule has 0 aliphatic heterocycles. The molecule has 1 aromatic carbocycles. The Morgan fingerprint density at radius 1 is 1.35 bits per heavy atom. The first-order valence-electron chi connectivity index (χ1n) is 4.90. The van der Waals surface area contributed by atoms with Crippen LogP contribution in [0.2, 0.25) is 0 Å². The van der Waals surface area contributed by atoms with Crippen molar-refractivity contribution in [1.82, 2.24) is 0 Å². The molecule has 0 aromatic heterocycles. The third kappa shape index (κ3) is 2.91. The van der Waals surface area contributed by atoms with E-state index in [4.69, 9.17) is 16.3 Å². The molecule has 96 valence electrons. The Hall–Kier alpha value is -0.780. The summed E-state index contributed by atoms with van der Waals surface area (Å²) in [6, 6.07) is 6.42. The highest BCUT2D eigenvalue weighted by Gasteiger charge is 2.41. The number of ether oxygens (including phenoxy) is 1. The van der Waals surface area contributed by atoms with Gasteiger partial charge in [-0.3, -0.25) is 0 Å². The van der Waals surface area contributed by atoms with Crippen LogP contribution in [0, 0.1) is 0 Å². The number of rotatable bonds is 4. The Balaban J connectivity index is 3.08. The van der Waals surface area contributed by atoms with Crippen LogP contribution in [0.5, 0.6) is 5.75 Å². The van der Waals surface area contributed by atoms with Gasteiger partial charge in [-0.2, -0.15) is 0 Å². The van der Waals surface area contributed by atoms with E-state index < -0.39 is 20.1 Å². The molecule has 6 heteroatoms. The van der Waals surface area contributed by atoms with Crippen LogP contribution in [-0.2, 0) is 9.84 Å². The Labute approximate surface area is 106 Å². The number of methoxy groups -OCH3 is 1. The highest BCUT2D eigenvalue weighted by molar-refractivity contribution is 7.93. The predicted octanol–water partition coefficient (Wildman–Crippen LogP) is 1.73. The lowest BCUT2D eigenvalue weighted by molar-refractivity contribution is 0.163. The second-order valence-corrected chi connectivity index (χ2v) is 7.34. The molecule has 0 bridgehead atoms. The van der Waals surface area contributed by atoms with Crippen LogP contribution < -0.4 is 4.74 Å². The van der Waals surface area contributed by atoms with Crippen LogP contribution in [0.3, 0.4) is 0 Å². The zero-order chi connectivity index (χ0) is 13.3. The third-order valence-electron chi connectivity index (χ3n) is 2.64. The standard InChI is InChI=1S/C11H15ClO4S/c1-11(12,17(3,14)15)10(13)8-4-6-9(16-2)7-5-8/h4-7,10,13H,1-3H3. The molecule has 0 fully saturated rings. The fourth-order valence-electron chi connectivity index (χ4n) is 1.29. The predicted molar refractivity (Wildman–Crippen MR) is 67.1 cm³/mol. The number of sulfone groups is 1. The summed E-state index contributed by atoms with van der Waals surface area (Å²) in [7, 11) is -2.06. The van der Waals surface area contributed by atoms with E-state index in [-0.39, 0.29) is 0 Å². The van der Waals surface area contributed by atoms with Gasteiger partial charge >= 0.3 is 0 Å². The third-order valence-corrected chi connectivity index (χ3v) is 5.37. The number of alkyl halides is 1. The topological polar surface area (TPSA) is 63.6 Å². The van der Waals surface area contributed by atoms with Gasteiger partial charge in [0.25, 0.3) is 0 Å². The van der Waals surface area contributed by atoms with Gasteiger partial charge in [-0.1, -0.05) is 23.7 Å². The number of hydrogen-bond acceptors (Lipinski definition) is 4. The Kier molecular flexibility index (Phi) is 4.06. The Bertz CT molecular complexity index is 479. The zero-order valence-corrected chi connectivity index (χ0v) is 11.4. The van der Waals surface area contributed by atoms with E-state index in [0.717, 1.165) is 6.26 Å². The molecule has 0 saturated heterocycles. The van der Waals surface area contributed by atoms with Crippen molar-refractivity contribution in [1.29, 1.82) is 0 Å². The van der Waals surface area contributed by atoms with Gasteiger partial charge in [-0.25, -0.2) is 8.42 Å². The number of hydrogen-bond donors (Lipinski definition) is 1. The van der Waals surface area contributed by atoms with E-state index in [2.05, 4.69) is 0 Å². The molecule has 0 amide bonds. The number of halogens is 1. The van der Waals surface area contributed by atoms with Crippen LogP contribution in [0.25, 0.3) is 0 Å². The van der Waals surface area contributed by atoms with Gasteiger partial charge in [0.1, 0.15) is 11.9 Å².